The molecule has 5 rings (SSSR count). The molecule has 0 unspecified atom stereocenters. The molecule has 156 valence electrons. The van der Waals surface area contributed by atoms with E-state index in [0.717, 1.165) is 18.5 Å². The summed E-state index contributed by atoms with van der Waals surface area (Å²) < 4.78 is 0. The van der Waals surface area contributed by atoms with E-state index in [0.29, 0.717) is 5.92 Å². The van der Waals surface area contributed by atoms with Crippen molar-refractivity contribution in [2.75, 3.05) is 0 Å². The first-order valence-electron chi connectivity index (χ1n) is 11.3. The lowest BCUT2D eigenvalue weighted by atomic mass is 9.82. The minimum Gasteiger partial charge on any atom is -0.257 e. The van der Waals surface area contributed by atoms with Crippen LogP contribution < -0.4 is 0 Å². The molecule has 2 heteroatoms. The van der Waals surface area contributed by atoms with Crippen molar-refractivity contribution in [3.8, 4) is 22.4 Å². The van der Waals surface area contributed by atoms with Gasteiger partial charge in [0.1, 0.15) is 0 Å². The molecule has 0 saturated carbocycles. The highest BCUT2D eigenvalue weighted by molar-refractivity contribution is 5.91. The summed E-state index contributed by atoms with van der Waals surface area (Å²) in [6.07, 6.45) is 4.08. The van der Waals surface area contributed by atoms with E-state index in [1.165, 1.54) is 50.0 Å². The van der Waals surface area contributed by atoms with Crippen LogP contribution in [0, 0.1) is 0 Å². The van der Waals surface area contributed by atoms with Gasteiger partial charge in [0.2, 0.25) is 0 Å². The van der Waals surface area contributed by atoms with Gasteiger partial charge < -0.3 is 0 Å². The largest absolute Gasteiger partial charge is 0.257 e. The first-order valence-corrected chi connectivity index (χ1v) is 11.3. The third kappa shape index (κ3) is 3.54. The van der Waals surface area contributed by atoms with Gasteiger partial charge in [-0.1, -0.05) is 65.0 Å². The Morgan fingerprint density at radius 1 is 0.871 bits per heavy atom. The second-order valence-electron chi connectivity index (χ2n) is 10.1. The molecule has 2 aromatic carbocycles. The first kappa shape index (κ1) is 19.9. The van der Waals surface area contributed by atoms with Crippen LogP contribution in [-0.4, -0.2) is 9.97 Å². The van der Waals surface area contributed by atoms with Crippen LogP contribution in [0.4, 0.5) is 0 Å². The van der Waals surface area contributed by atoms with Crippen molar-refractivity contribution in [1.29, 1.82) is 0 Å². The highest BCUT2D eigenvalue weighted by Crippen LogP contribution is 2.38. The third-order valence-electron chi connectivity index (χ3n) is 6.46. The van der Waals surface area contributed by atoms with Crippen LogP contribution in [0.3, 0.4) is 0 Å². The number of benzene rings is 2. The molecule has 2 nitrogen and oxygen atoms in total. The molecule has 0 atom stereocenters. The van der Waals surface area contributed by atoms with Crippen LogP contribution in [0.1, 0.15) is 63.1 Å². The smallest absolute Gasteiger partial charge is 0.0708 e. The lowest BCUT2D eigenvalue weighted by Crippen LogP contribution is -2.12. The molecule has 4 aromatic rings. The molecular weight excluding hydrogens is 376 g/mol. The zero-order valence-electron chi connectivity index (χ0n) is 19.2. The Hall–Kier alpha value is -3.00. The summed E-state index contributed by atoms with van der Waals surface area (Å²) in [6.45, 7) is 11.3. The second kappa shape index (κ2) is 7.30. The zero-order valence-corrected chi connectivity index (χ0v) is 19.2. The molecule has 2 aromatic heterocycles. The van der Waals surface area contributed by atoms with Crippen molar-refractivity contribution in [2.24, 2.45) is 0 Å². The van der Waals surface area contributed by atoms with Gasteiger partial charge in [0.25, 0.3) is 0 Å². The molecule has 0 fully saturated rings. The summed E-state index contributed by atoms with van der Waals surface area (Å²) in [4.78, 5) is 9.87. The first-order chi connectivity index (χ1) is 14.8. The van der Waals surface area contributed by atoms with E-state index in [1.54, 1.807) is 0 Å². The van der Waals surface area contributed by atoms with Crippen LogP contribution in [0.2, 0.25) is 0 Å². The molecule has 0 bridgehead atoms. The van der Waals surface area contributed by atoms with Gasteiger partial charge >= 0.3 is 0 Å². The van der Waals surface area contributed by atoms with E-state index < -0.39 is 0 Å². The average Bonchev–Trinajstić information content (AvgIpc) is 2.76. The fraction of sp³-hybridized carbons (Fsp3) is 0.310. The van der Waals surface area contributed by atoms with E-state index in [4.69, 9.17) is 9.97 Å². The second-order valence-corrected chi connectivity index (χ2v) is 10.1. The maximum Gasteiger partial charge on any atom is 0.0708 e. The average molecular weight is 407 g/mol. The van der Waals surface area contributed by atoms with E-state index in [-0.39, 0.29) is 5.41 Å². The minimum atomic E-state index is 0.0631. The Labute approximate surface area is 185 Å². The quantitative estimate of drug-likeness (QED) is 0.345. The van der Waals surface area contributed by atoms with E-state index in [1.807, 2.05) is 0 Å². The molecule has 31 heavy (non-hydrogen) atoms. The van der Waals surface area contributed by atoms with Crippen LogP contribution in [-0.2, 0) is 18.3 Å². The summed E-state index contributed by atoms with van der Waals surface area (Å²) in [7, 11) is 0. The van der Waals surface area contributed by atoms with Gasteiger partial charge in [-0.25, -0.2) is 0 Å². The monoisotopic (exact) mass is 406 g/mol. The van der Waals surface area contributed by atoms with Crippen molar-refractivity contribution in [2.45, 2.75) is 58.8 Å². The number of nitrogens with zero attached hydrogens (tertiary/aromatic N) is 2. The molecule has 0 aliphatic heterocycles. The normalized spacial score (nSPS) is 13.4. The van der Waals surface area contributed by atoms with Crippen molar-refractivity contribution < 1.29 is 0 Å². The molecule has 0 radical (unpaired) electrons. The van der Waals surface area contributed by atoms with E-state index in [9.17, 15) is 0 Å². The van der Waals surface area contributed by atoms with Crippen molar-refractivity contribution >= 4 is 10.8 Å². The topological polar surface area (TPSA) is 25.8 Å². The standard InChI is InChI=1S/C29H30N2/c1-18(2)26-13-11-23-24-16-28(30-17-20(24)10-12-27(23)31-26)21-14-19-8-6-7-9-22(19)25(15-21)29(3,4)5/h6-9,11,13-18H,10,12H2,1-5H3. The van der Waals surface area contributed by atoms with E-state index in [2.05, 4.69) is 95.4 Å². The molecule has 0 amide bonds. The Bertz CT molecular complexity index is 1290. The summed E-state index contributed by atoms with van der Waals surface area (Å²) in [5.74, 6) is 0.452. The number of aromatic nitrogens is 2. The maximum atomic E-state index is 4.98. The van der Waals surface area contributed by atoms with Crippen LogP contribution in [0.25, 0.3) is 33.2 Å². The molecule has 2 heterocycles. The maximum absolute atomic E-state index is 4.98. The Kier molecular flexibility index (Phi) is 4.69. The highest BCUT2D eigenvalue weighted by atomic mass is 14.7. The third-order valence-corrected chi connectivity index (χ3v) is 6.46. The van der Waals surface area contributed by atoms with Crippen LogP contribution in [0.5, 0.6) is 0 Å². The summed E-state index contributed by atoms with van der Waals surface area (Å²) in [6, 6.07) is 20.0. The molecule has 0 spiro atoms. The number of rotatable bonds is 2. The van der Waals surface area contributed by atoms with Crippen molar-refractivity contribution in [3.63, 3.8) is 0 Å². The summed E-state index contributed by atoms with van der Waals surface area (Å²) >= 11 is 0. The van der Waals surface area contributed by atoms with E-state index >= 15 is 0 Å². The molecule has 0 N–H and O–H groups in total. The van der Waals surface area contributed by atoms with Gasteiger partial charge in [0, 0.05) is 28.7 Å². The van der Waals surface area contributed by atoms with Gasteiger partial charge in [-0.3, -0.25) is 9.97 Å². The fourth-order valence-corrected chi connectivity index (χ4v) is 4.70. The number of hydrogen-bond acceptors (Lipinski definition) is 2. The Morgan fingerprint density at radius 2 is 1.68 bits per heavy atom. The number of pyridine rings is 2. The predicted molar refractivity (Wildman–Crippen MR) is 131 cm³/mol. The van der Waals surface area contributed by atoms with Gasteiger partial charge in [-0.15, -0.1) is 0 Å². The Balaban J connectivity index is 1.67. The molecular formula is C29H30N2. The lowest BCUT2D eigenvalue weighted by molar-refractivity contribution is 0.596. The minimum absolute atomic E-state index is 0.0631. The van der Waals surface area contributed by atoms with Gasteiger partial charge in [0.05, 0.1) is 5.69 Å². The van der Waals surface area contributed by atoms with Gasteiger partial charge in [-0.05, 0) is 75.9 Å². The summed E-state index contributed by atoms with van der Waals surface area (Å²) in [5.41, 5.74) is 9.95. The fourth-order valence-electron chi connectivity index (χ4n) is 4.70. The summed E-state index contributed by atoms with van der Waals surface area (Å²) in [5, 5.41) is 2.60. The SMILES string of the molecule is CC(C)c1ccc2c(n1)CCc1cnc(-c3cc(C(C)(C)C)c4ccccc4c3)cc1-2. The van der Waals surface area contributed by atoms with Gasteiger partial charge in [-0.2, -0.15) is 0 Å². The van der Waals surface area contributed by atoms with Crippen LogP contribution in [0.15, 0.2) is 60.8 Å². The number of fused-ring (bicyclic) bond motifs is 4. The number of aryl methyl sites for hydroxylation is 2. The Morgan fingerprint density at radius 3 is 2.45 bits per heavy atom. The van der Waals surface area contributed by atoms with Crippen LogP contribution >= 0.6 is 0 Å². The molecule has 1 aliphatic rings. The molecule has 1 aliphatic carbocycles. The van der Waals surface area contributed by atoms with Crippen molar-refractivity contribution in [1.82, 2.24) is 9.97 Å². The zero-order chi connectivity index (χ0) is 21.8. The highest BCUT2D eigenvalue weighted by Gasteiger charge is 2.21. The van der Waals surface area contributed by atoms with Gasteiger partial charge in [0.15, 0.2) is 0 Å². The van der Waals surface area contributed by atoms with Crippen molar-refractivity contribution in [3.05, 3.63) is 83.3 Å². The number of hydrogen-bond donors (Lipinski definition) is 0. The molecule has 0 saturated heterocycles. The predicted octanol–water partition coefficient (Wildman–Crippen LogP) is 7.48. The lowest BCUT2D eigenvalue weighted by Gasteiger charge is -2.23.